The molecule has 0 saturated heterocycles. The van der Waals surface area contributed by atoms with Crippen molar-refractivity contribution in [1.29, 1.82) is 5.26 Å². The molecule has 17 heavy (non-hydrogen) atoms. The maximum absolute atomic E-state index is 10.1. The highest BCUT2D eigenvalue weighted by atomic mass is 16.3. The number of anilines is 1. The SMILES string of the molecule is CC(C)CC(C)(O)CNc1ncccc1C#N. The molecule has 1 rings (SSSR count). The Bertz CT molecular complexity index is 407. The lowest BCUT2D eigenvalue weighted by Gasteiger charge is -2.25. The number of aromatic nitrogens is 1. The van der Waals surface area contributed by atoms with Gasteiger partial charge in [0.2, 0.25) is 0 Å². The fourth-order valence-electron chi connectivity index (χ4n) is 1.86. The Balaban J connectivity index is 2.64. The smallest absolute Gasteiger partial charge is 0.143 e. The lowest BCUT2D eigenvalue weighted by atomic mass is 9.94. The third-order valence-corrected chi connectivity index (χ3v) is 2.41. The minimum Gasteiger partial charge on any atom is -0.388 e. The van der Waals surface area contributed by atoms with Crippen molar-refractivity contribution in [1.82, 2.24) is 4.98 Å². The van der Waals surface area contributed by atoms with Gasteiger partial charge in [-0.15, -0.1) is 0 Å². The molecule has 1 aromatic rings. The summed E-state index contributed by atoms with van der Waals surface area (Å²) in [5.74, 6) is 0.949. The lowest BCUT2D eigenvalue weighted by molar-refractivity contribution is 0.0515. The van der Waals surface area contributed by atoms with Gasteiger partial charge in [0.25, 0.3) is 0 Å². The Morgan fingerprint density at radius 1 is 1.59 bits per heavy atom. The second-order valence-corrected chi connectivity index (χ2v) is 4.96. The van der Waals surface area contributed by atoms with E-state index in [0.717, 1.165) is 0 Å². The van der Waals surface area contributed by atoms with Gasteiger partial charge in [-0.3, -0.25) is 0 Å². The van der Waals surface area contributed by atoms with E-state index in [0.29, 0.717) is 30.3 Å². The summed E-state index contributed by atoms with van der Waals surface area (Å²) in [5, 5.41) is 22.1. The van der Waals surface area contributed by atoms with Gasteiger partial charge in [-0.2, -0.15) is 5.26 Å². The van der Waals surface area contributed by atoms with Gasteiger partial charge in [-0.05, 0) is 31.4 Å². The lowest BCUT2D eigenvalue weighted by Crippen LogP contribution is -2.35. The Morgan fingerprint density at radius 2 is 2.29 bits per heavy atom. The molecule has 1 unspecified atom stereocenters. The summed E-state index contributed by atoms with van der Waals surface area (Å²) >= 11 is 0. The van der Waals surface area contributed by atoms with E-state index in [4.69, 9.17) is 5.26 Å². The number of pyridine rings is 1. The molecule has 1 heterocycles. The van der Waals surface area contributed by atoms with Gasteiger partial charge in [0.05, 0.1) is 11.2 Å². The number of nitriles is 1. The standard InChI is InChI=1S/C13H19N3O/c1-10(2)7-13(3,17)9-16-12-11(8-14)5-4-6-15-12/h4-6,10,17H,7,9H2,1-3H3,(H,15,16). The second kappa shape index (κ2) is 5.65. The molecule has 0 aliphatic heterocycles. The van der Waals surface area contributed by atoms with Gasteiger partial charge in [-0.1, -0.05) is 13.8 Å². The molecular weight excluding hydrogens is 214 g/mol. The molecule has 1 aromatic heterocycles. The average Bonchev–Trinajstić information content (AvgIpc) is 2.25. The van der Waals surface area contributed by atoms with Crippen LogP contribution in [0.5, 0.6) is 0 Å². The molecule has 0 saturated carbocycles. The van der Waals surface area contributed by atoms with Crippen molar-refractivity contribution >= 4 is 5.82 Å². The zero-order chi connectivity index (χ0) is 12.9. The van der Waals surface area contributed by atoms with Crippen LogP contribution < -0.4 is 5.32 Å². The molecule has 4 heteroatoms. The molecule has 92 valence electrons. The number of nitrogens with one attached hydrogen (secondary N) is 1. The van der Waals surface area contributed by atoms with Crippen LogP contribution in [0.1, 0.15) is 32.8 Å². The van der Waals surface area contributed by atoms with Crippen LogP contribution in [0.4, 0.5) is 5.82 Å². The Hall–Kier alpha value is -1.60. The van der Waals surface area contributed by atoms with Crippen molar-refractivity contribution < 1.29 is 5.11 Å². The predicted octanol–water partition coefficient (Wildman–Crippen LogP) is 2.16. The minimum atomic E-state index is -0.793. The van der Waals surface area contributed by atoms with E-state index in [2.05, 4.69) is 30.2 Å². The number of hydrogen-bond donors (Lipinski definition) is 2. The van der Waals surface area contributed by atoms with Crippen LogP contribution in [-0.2, 0) is 0 Å². The number of hydrogen-bond acceptors (Lipinski definition) is 4. The summed E-state index contributed by atoms with van der Waals surface area (Å²) in [5.41, 5.74) is -0.300. The summed E-state index contributed by atoms with van der Waals surface area (Å²) in [7, 11) is 0. The molecule has 2 N–H and O–H groups in total. The zero-order valence-electron chi connectivity index (χ0n) is 10.6. The first-order chi connectivity index (χ1) is 7.94. The molecule has 0 aliphatic carbocycles. The van der Waals surface area contributed by atoms with Crippen LogP contribution >= 0.6 is 0 Å². The third kappa shape index (κ3) is 4.41. The van der Waals surface area contributed by atoms with Crippen LogP contribution in [0.25, 0.3) is 0 Å². The van der Waals surface area contributed by atoms with Crippen LogP contribution in [0.15, 0.2) is 18.3 Å². The fourth-order valence-corrected chi connectivity index (χ4v) is 1.86. The Labute approximate surface area is 102 Å². The molecule has 0 aliphatic rings. The van der Waals surface area contributed by atoms with Gasteiger partial charge in [-0.25, -0.2) is 4.98 Å². The normalized spacial score (nSPS) is 14.1. The summed E-state index contributed by atoms with van der Waals surface area (Å²) < 4.78 is 0. The van der Waals surface area contributed by atoms with Crippen molar-refractivity contribution in [2.45, 2.75) is 32.8 Å². The summed E-state index contributed by atoms with van der Waals surface area (Å²) in [6, 6.07) is 5.49. The van der Waals surface area contributed by atoms with Gasteiger partial charge in [0.15, 0.2) is 0 Å². The Morgan fingerprint density at radius 3 is 2.88 bits per heavy atom. The minimum absolute atomic E-state index is 0.386. The van der Waals surface area contributed by atoms with Crippen LogP contribution in [0.2, 0.25) is 0 Å². The maximum atomic E-state index is 10.1. The van der Waals surface area contributed by atoms with E-state index in [1.807, 2.05) is 0 Å². The second-order valence-electron chi connectivity index (χ2n) is 4.96. The number of rotatable bonds is 5. The molecule has 0 radical (unpaired) electrons. The zero-order valence-corrected chi connectivity index (χ0v) is 10.6. The maximum Gasteiger partial charge on any atom is 0.143 e. The Kier molecular flexibility index (Phi) is 4.47. The summed E-state index contributed by atoms with van der Waals surface area (Å²) in [6.45, 7) is 6.30. The number of nitrogens with zero attached hydrogens (tertiary/aromatic N) is 2. The molecule has 0 spiro atoms. The molecule has 0 aromatic carbocycles. The molecular formula is C13H19N3O. The molecule has 1 atom stereocenters. The van der Waals surface area contributed by atoms with Gasteiger partial charge < -0.3 is 10.4 Å². The van der Waals surface area contributed by atoms with Crippen molar-refractivity contribution in [3.63, 3.8) is 0 Å². The largest absolute Gasteiger partial charge is 0.388 e. The van der Waals surface area contributed by atoms with Crippen molar-refractivity contribution in [2.75, 3.05) is 11.9 Å². The highest BCUT2D eigenvalue weighted by molar-refractivity contribution is 5.51. The quantitative estimate of drug-likeness (QED) is 0.817. The van der Waals surface area contributed by atoms with E-state index < -0.39 is 5.60 Å². The predicted molar refractivity (Wildman–Crippen MR) is 67.5 cm³/mol. The van der Waals surface area contributed by atoms with Gasteiger partial charge in [0.1, 0.15) is 11.9 Å². The highest BCUT2D eigenvalue weighted by Crippen LogP contribution is 2.18. The van der Waals surface area contributed by atoms with E-state index in [1.165, 1.54) is 0 Å². The summed E-state index contributed by atoms with van der Waals surface area (Å²) in [6.07, 6.45) is 2.33. The number of aliphatic hydroxyl groups is 1. The van der Waals surface area contributed by atoms with Gasteiger partial charge in [0, 0.05) is 12.7 Å². The monoisotopic (exact) mass is 233 g/mol. The molecule has 0 bridgehead atoms. The van der Waals surface area contributed by atoms with Crippen molar-refractivity contribution in [3.05, 3.63) is 23.9 Å². The highest BCUT2D eigenvalue weighted by Gasteiger charge is 2.22. The first kappa shape index (κ1) is 13.5. The first-order valence-electron chi connectivity index (χ1n) is 5.76. The van der Waals surface area contributed by atoms with E-state index in [1.54, 1.807) is 25.3 Å². The first-order valence-corrected chi connectivity index (χ1v) is 5.76. The van der Waals surface area contributed by atoms with Gasteiger partial charge >= 0.3 is 0 Å². The van der Waals surface area contributed by atoms with E-state index in [-0.39, 0.29) is 0 Å². The molecule has 0 amide bonds. The summed E-state index contributed by atoms with van der Waals surface area (Å²) in [4.78, 5) is 4.09. The third-order valence-electron chi connectivity index (χ3n) is 2.41. The average molecular weight is 233 g/mol. The van der Waals surface area contributed by atoms with Crippen LogP contribution in [0.3, 0.4) is 0 Å². The van der Waals surface area contributed by atoms with Crippen LogP contribution in [-0.4, -0.2) is 22.2 Å². The van der Waals surface area contributed by atoms with Crippen molar-refractivity contribution in [2.24, 2.45) is 5.92 Å². The van der Waals surface area contributed by atoms with E-state index >= 15 is 0 Å². The molecule has 4 nitrogen and oxygen atoms in total. The molecule has 0 fully saturated rings. The van der Waals surface area contributed by atoms with Crippen molar-refractivity contribution in [3.8, 4) is 6.07 Å². The van der Waals surface area contributed by atoms with E-state index in [9.17, 15) is 5.11 Å². The van der Waals surface area contributed by atoms with Crippen LogP contribution in [0, 0.1) is 17.2 Å². The fraction of sp³-hybridized carbons (Fsp3) is 0.538. The topological polar surface area (TPSA) is 68.9 Å².